The topological polar surface area (TPSA) is 64.9 Å². The van der Waals surface area contributed by atoms with Crippen LogP contribution in [0.4, 0.5) is 14.5 Å². The number of unbranched alkanes of at least 4 members (excludes halogenated alkanes) is 1. The molecule has 0 unspecified atom stereocenters. The number of halogens is 2. The van der Waals surface area contributed by atoms with Gasteiger partial charge in [-0.25, -0.2) is 8.78 Å². The molecule has 0 aliphatic carbocycles. The van der Waals surface area contributed by atoms with E-state index in [1.165, 1.54) is 0 Å². The Morgan fingerprint density at radius 2 is 2.00 bits per heavy atom. The van der Waals surface area contributed by atoms with Crippen molar-refractivity contribution in [2.45, 2.75) is 26.2 Å². The fourth-order valence-electron chi connectivity index (χ4n) is 1.55. The summed E-state index contributed by atoms with van der Waals surface area (Å²) in [5.74, 6) is -1.34. The van der Waals surface area contributed by atoms with E-state index in [1.807, 2.05) is 6.92 Å². The molecule has 1 heterocycles. The van der Waals surface area contributed by atoms with Crippen molar-refractivity contribution in [2.24, 2.45) is 0 Å². The minimum atomic E-state index is -0.998. The van der Waals surface area contributed by atoms with Crippen LogP contribution in [0.25, 0.3) is 11.5 Å². The van der Waals surface area contributed by atoms with Crippen molar-refractivity contribution in [3.05, 3.63) is 29.6 Å². The average molecular weight is 253 g/mol. The Labute approximate surface area is 103 Å². The highest BCUT2D eigenvalue weighted by molar-refractivity contribution is 5.70. The molecular formula is C12H13F2N3O. The molecule has 0 aliphatic rings. The van der Waals surface area contributed by atoms with Crippen molar-refractivity contribution in [2.75, 3.05) is 5.73 Å². The second-order valence-electron chi connectivity index (χ2n) is 3.97. The molecule has 0 saturated carbocycles. The monoisotopic (exact) mass is 253 g/mol. The van der Waals surface area contributed by atoms with Gasteiger partial charge in [0.1, 0.15) is 0 Å². The SMILES string of the molecule is CCCCc1noc(-c2cc(F)c(F)cc2N)n1. The molecule has 0 fully saturated rings. The Balaban J connectivity index is 2.31. The van der Waals surface area contributed by atoms with Crippen molar-refractivity contribution < 1.29 is 13.3 Å². The quantitative estimate of drug-likeness (QED) is 0.851. The van der Waals surface area contributed by atoms with E-state index in [2.05, 4.69) is 10.1 Å². The van der Waals surface area contributed by atoms with Crippen LogP contribution in [0.3, 0.4) is 0 Å². The number of hydrogen-bond donors (Lipinski definition) is 1. The Kier molecular flexibility index (Phi) is 3.55. The highest BCUT2D eigenvalue weighted by Gasteiger charge is 2.15. The Morgan fingerprint density at radius 1 is 1.28 bits per heavy atom. The second kappa shape index (κ2) is 5.12. The highest BCUT2D eigenvalue weighted by Crippen LogP contribution is 2.26. The zero-order valence-corrected chi connectivity index (χ0v) is 9.91. The summed E-state index contributed by atoms with van der Waals surface area (Å²) < 4.78 is 31.1. The summed E-state index contributed by atoms with van der Waals surface area (Å²) in [7, 11) is 0. The van der Waals surface area contributed by atoms with Crippen LogP contribution in [-0.4, -0.2) is 10.1 Å². The number of nitrogens with two attached hydrogens (primary N) is 1. The van der Waals surface area contributed by atoms with E-state index >= 15 is 0 Å². The summed E-state index contributed by atoms with van der Waals surface area (Å²) in [5, 5.41) is 3.77. The standard InChI is InChI=1S/C12H13F2N3O/c1-2-3-4-11-16-12(18-17-11)7-5-8(13)9(14)6-10(7)15/h5-6H,2-4,15H2,1H3. The molecule has 2 aromatic rings. The first kappa shape index (κ1) is 12.5. The van der Waals surface area contributed by atoms with E-state index in [4.69, 9.17) is 10.3 Å². The van der Waals surface area contributed by atoms with E-state index < -0.39 is 11.6 Å². The fourth-order valence-corrected chi connectivity index (χ4v) is 1.55. The number of benzene rings is 1. The number of hydrogen-bond acceptors (Lipinski definition) is 4. The molecule has 6 heteroatoms. The van der Waals surface area contributed by atoms with E-state index in [0.29, 0.717) is 12.2 Å². The lowest BCUT2D eigenvalue weighted by Crippen LogP contribution is -1.95. The summed E-state index contributed by atoms with van der Waals surface area (Å²) in [6.45, 7) is 2.05. The Morgan fingerprint density at radius 3 is 2.72 bits per heavy atom. The molecule has 96 valence electrons. The first-order valence-electron chi connectivity index (χ1n) is 5.69. The smallest absolute Gasteiger partial charge is 0.260 e. The van der Waals surface area contributed by atoms with Crippen molar-refractivity contribution >= 4 is 5.69 Å². The first-order chi connectivity index (χ1) is 8.61. The molecule has 1 aromatic carbocycles. The maximum atomic E-state index is 13.1. The van der Waals surface area contributed by atoms with Crippen molar-refractivity contribution in [3.63, 3.8) is 0 Å². The predicted molar refractivity (Wildman–Crippen MR) is 62.7 cm³/mol. The second-order valence-corrected chi connectivity index (χ2v) is 3.97. The van der Waals surface area contributed by atoms with Crippen molar-refractivity contribution in [3.8, 4) is 11.5 Å². The van der Waals surface area contributed by atoms with E-state index in [9.17, 15) is 8.78 Å². The van der Waals surface area contributed by atoms with Gasteiger partial charge in [0.2, 0.25) is 0 Å². The summed E-state index contributed by atoms with van der Waals surface area (Å²) in [6, 6.07) is 1.86. The molecule has 0 radical (unpaired) electrons. The number of rotatable bonds is 4. The van der Waals surface area contributed by atoms with Crippen LogP contribution in [0.1, 0.15) is 25.6 Å². The van der Waals surface area contributed by atoms with Crippen LogP contribution in [0.2, 0.25) is 0 Å². The molecule has 0 atom stereocenters. The lowest BCUT2D eigenvalue weighted by Gasteiger charge is -2.01. The number of anilines is 1. The zero-order chi connectivity index (χ0) is 13.1. The van der Waals surface area contributed by atoms with Crippen molar-refractivity contribution in [1.82, 2.24) is 10.1 Å². The predicted octanol–water partition coefficient (Wildman–Crippen LogP) is 2.94. The molecule has 0 spiro atoms. The highest BCUT2D eigenvalue weighted by atomic mass is 19.2. The largest absolute Gasteiger partial charge is 0.398 e. The molecule has 1 aromatic heterocycles. The van der Waals surface area contributed by atoms with Gasteiger partial charge in [-0.15, -0.1) is 0 Å². The zero-order valence-electron chi connectivity index (χ0n) is 9.91. The van der Waals surface area contributed by atoms with Crippen LogP contribution in [0.5, 0.6) is 0 Å². The third-order valence-electron chi connectivity index (χ3n) is 2.54. The van der Waals surface area contributed by atoms with Gasteiger partial charge in [-0.2, -0.15) is 4.98 Å². The minimum Gasteiger partial charge on any atom is -0.398 e. The Hall–Kier alpha value is -1.98. The summed E-state index contributed by atoms with van der Waals surface area (Å²) >= 11 is 0. The van der Waals surface area contributed by atoms with Crippen LogP contribution < -0.4 is 5.73 Å². The lowest BCUT2D eigenvalue weighted by molar-refractivity contribution is 0.421. The first-order valence-corrected chi connectivity index (χ1v) is 5.69. The molecule has 0 saturated heterocycles. The molecule has 2 rings (SSSR count). The molecular weight excluding hydrogens is 240 g/mol. The van der Waals surface area contributed by atoms with Crippen LogP contribution in [0, 0.1) is 11.6 Å². The molecule has 0 amide bonds. The maximum absolute atomic E-state index is 13.1. The third-order valence-corrected chi connectivity index (χ3v) is 2.54. The summed E-state index contributed by atoms with van der Waals surface area (Å²) in [4.78, 5) is 4.10. The van der Waals surface area contributed by atoms with E-state index in [0.717, 1.165) is 25.0 Å². The minimum absolute atomic E-state index is 0.0691. The normalized spacial score (nSPS) is 10.8. The van der Waals surface area contributed by atoms with Crippen LogP contribution in [0.15, 0.2) is 16.7 Å². The average Bonchev–Trinajstić information content (AvgIpc) is 2.79. The van der Waals surface area contributed by atoms with Gasteiger partial charge in [0, 0.05) is 18.2 Å². The number of aryl methyl sites for hydroxylation is 1. The van der Waals surface area contributed by atoms with Gasteiger partial charge in [0.05, 0.1) is 5.56 Å². The van der Waals surface area contributed by atoms with Crippen LogP contribution >= 0.6 is 0 Å². The summed E-state index contributed by atoms with van der Waals surface area (Å²) in [6.07, 6.45) is 2.63. The van der Waals surface area contributed by atoms with Gasteiger partial charge in [0.25, 0.3) is 5.89 Å². The third kappa shape index (κ3) is 2.47. The van der Waals surface area contributed by atoms with Gasteiger partial charge < -0.3 is 10.3 Å². The number of nitrogens with zero attached hydrogens (tertiary/aromatic N) is 2. The van der Waals surface area contributed by atoms with Gasteiger partial charge >= 0.3 is 0 Å². The van der Waals surface area contributed by atoms with Gasteiger partial charge in [-0.3, -0.25) is 0 Å². The van der Waals surface area contributed by atoms with Crippen molar-refractivity contribution in [1.29, 1.82) is 0 Å². The fraction of sp³-hybridized carbons (Fsp3) is 0.333. The van der Waals surface area contributed by atoms with Gasteiger partial charge in [0.15, 0.2) is 17.5 Å². The van der Waals surface area contributed by atoms with E-state index in [-0.39, 0.29) is 17.1 Å². The maximum Gasteiger partial charge on any atom is 0.260 e. The molecule has 4 nitrogen and oxygen atoms in total. The summed E-state index contributed by atoms with van der Waals surface area (Å²) in [5.41, 5.74) is 5.88. The van der Waals surface area contributed by atoms with Gasteiger partial charge in [-0.05, 0) is 12.5 Å². The van der Waals surface area contributed by atoms with E-state index in [1.54, 1.807) is 0 Å². The molecule has 0 aliphatic heterocycles. The van der Waals surface area contributed by atoms with Crippen LogP contribution in [-0.2, 0) is 6.42 Å². The molecule has 18 heavy (non-hydrogen) atoms. The lowest BCUT2D eigenvalue weighted by atomic mass is 10.1. The number of nitrogen functional groups attached to an aromatic ring is 1. The Bertz CT molecular complexity index is 554. The molecule has 2 N–H and O–H groups in total. The molecule has 0 bridgehead atoms. The van der Waals surface area contributed by atoms with Gasteiger partial charge in [-0.1, -0.05) is 18.5 Å². The number of aromatic nitrogens is 2.